The van der Waals surface area contributed by atoms with Crippen LogP contribution in [0.15, 0.2) is 72.3 Å². The van der Waals surface area contributed by atoms with Crippen LogP contribution in [0.2, 0.25) is 0 Å². The molecule has 36 heavy (non-hydrogen) atoms. The fourth-order valence-electron chi connectivity index (χ4n) is 3.43. The zero-order valence-electron chi connectivity index (χ0n) is 18.8. The van der Waals surface area contributed by atoms with Crippen molar-refractivity contribution < 1.29 is 33.2 Å². The van der Waals surface area contributed by atoms with E-state index in [-0.39, 0.29) is 23.7 Å². The van der Waals surface area contributed by atoms with Crippen molar-refractivity contribution in [3.05, 3.63) is 99.4 Å². The van der Waals surface area contributed by atoms with Crippen LogP contribution in [0.25, 0.3) is 6.08 Å². The van der Waals surface area contributed by atoms with Crippen molar-refractivity contribution in [3.8, 4) is 11.5 Å². The number of para-hydroxylation sites is 1. The number of rotatable bonds is 7. The maximum Gasteiger partial charge on any atom is 0.336 e. The molecule has 0 unspecified atom stereocenters. The fourth-order valence-corrected chi connectivity index (χ4v) is 3.43. The number of halogens is 1. The SMILES string of the molecule is COc1ccc(/C=C2/C(=O)NC(=O)N(c3ccccc3F)C2=O)c(OCc2ccc([N+](=O)[O-])cc2)c1. The number of nitro groups is 1. The maximum atomic E-state index is 14.3. The van der Waals surface area contributed by atoms with Gasteiger partial charge in [-0.15, -0.1) is 0 Å². The first-order valence-corrected chi connectivity index (χ1v) is 10.5. The zero-order valence-corrected chi connectivity index (χ0v) is 18.8. The molecule has 4 rings (SSSR count). The summed E-state index contributed by atoms with van der Waals surface area (Å²) >= 11 is 0. The summed E-state index contributed by atoms with van der Waals surface area (Å²) < 4.78 is 25.4. The third kappa shape index (κ3) is 4.89. The molecular formula is C25H18FN3O7. The Labute approximate surface area is 203 Å². The van der Waals surface area contributed by atoms with Gasteiger partial charge in [-0.05, 0) is 48.0 Å². The number of nitro benzene ring substituents is 1. The first-order chi connectivity index (χ1) is 17.3. The van der Waals surface area contributed by atoms with E-state index in [1.54, 1.807) is 12.1 Å². The fraction of sp³-hybridized carbons (Fsp3) is 0.0800. The van der Waals surface area contributed by atoms with E-state index in [9.17, 15) is 28.9 Å². The van der Waals surface area contributed by atoms with E-state index in [2.05, 4.69) is 0 Å². The second-order valence-electron chi connectivity index (χ2n) is 7.53. The molecule has 0 spiro atoms. The van der Waals surface area contributed by atoms with Crippen LogP contribution in [0.4, 0.5) is 20.6 Å². The minimum Gasteiger partial charge on any atom is -0.497 e. The van der Waals surface area contributed by atoms with Gasteiger partial charge >= 0.3 is 6.03 Å². The third-order valence-electron chi connectivity index (χ3n) is 5.26. The first kappa shape index (κ1) is 24.1. The lowest BCUT2D eigenvalue weighted by molar-refractivity contribution is -0.384. The van der Waals surface area contributed by atoms with E-state index < -0.39 is 34.2 Å². The molecule has 3 aromatic rings. The normalized spacial score (nSPS) is 14.6. The van der Waals surface area contributed by atoms with Crippen LogP contribution in [0.1, 0.15) is 11.1 Å². The molecule has 11 heteroatoms. The Bertz CT molecular complexity index is 1400. The molecule has 10 nitrogen and oxygen atoms in total. The van der Waals surface area contributed by atoms with Crippen LogP contribution in [-0.4, -0.2) is 29.9 Å². The average molecular weight is 491 g/mol. The third-order valence-corrected chi connectivity index (χ3v) is 5.26. The summed E-state index contributed by atoms with van der Waals surface area (Å²) in [7, 11) is 1.45. The molecule has 1 fully saturated rings. The Hall–Kier alpha value is -5.06. The number of methoxy groups -OCH3 is 1. The Kier molecular flexibility index (Phi) is 6.72. The second kappa shape index (κ2) is 10.1. The minimum atomic E-state index is -1.07. The molecule has 0 aromatic heterocycles. The van der Waals surface area contributed by atoms with E-state index in [1.165, 1.54) is 61.7 Å². The zero-order chi connectivity index (χ0) is 25.8. The predicted octanol–water partition coefficient (Wildman–Crippen LogP) is 3.99. The summed E-state index contributed by atoms with van der Waals surface area (Å²) in [5, 5.41) is 12.9. The minimum absolute atomic E-state index is 0.0152. The number of imide groups is 2. The van der Waals surface area contributed by atoms with Crippen LogP contribution in [0.3, 0.4) is 0 Å². The van der Waals surface area contributed by atoms with Crippen molar-refractivity contribution in [2.45, 2.75) is 6.61 Å². The molecule has 0 radical (unpaired) electrons. The summed E-state index contributed by atoms with van der Waals surface area (Å²) in [6.45, 7) is 0.0152. The molecule has 1 N–H and O–H groups in total. The van der Waals surface area contributed by atoms with Crippen molar-refractivity contribution in [3.63, 3.8) is 0 Å². The molecule has 1 aliphatic rings. The highest BCUT2D eigenvalue weighted by molar-refractivity contribution is 6.39. The molecule has 0 saturated carbocycles. The summed E-state index contributed by atoms with van der Waals surface area (Å²) in [6, 6.07) is 14.5. The number of nitrogens with one attached hydrogen (secondary N) is 1. The van der Waals surface area contributed by atoms with Crippen molar-refractivity contribution in [1.29, 1.82) is 0 Å². The smallest absolute Gasteiger partial charge is 0.336 e. The number of carbonyl (C=O) groups excluding carboxylic acids is 3. The van der Waals surface area contributed by atoms with Crippen LogP contribution in [0.5, 0.6) is 11.5 Å². The average Bonchev–Trinajstić information content (AvgIpc) is 2.87. The number of nitrogens with zero attached hydrogens (tertiary/aromatic N) is 2. The lowest BCUT2D eigenvalue weighted by Crippen LogP contribution is -2.54. The maximum absolute atomic E-state index is 14.3. The van der Waals surface area contributed by atoms with E-state index in [1.807, 2.05) is 5.32 Å². The topological polar surface area (TPSA) is 128 Å². The highest BCUT2D eigenvalue weighted by Crippen LogP contribution is 2.30. The summed E-state index contributed by atoms with van der Waals surface area (Å²) in [5.74, 6) is -2.11. The number of urea groups is 1. The van der Waals surface area contributed by atoms with Gasteiger partial charge in [-0.1, -0.05) is 12.1 Å². The number of hydrogen-bond acceptors (Lipinski definition) is 7. The molecule has 1 saturated heterocycles. The van der Waals surface area contributed by atoms with Gasteiger partial charge in [-0.3, -0.25) is 25.0 Å². The number of non-ortho nitro benzene ring substituents is 1. The lowest BCUT2D eigenvalue weighted by atomic mass is 10.1. The monoisotopic (exact) mass is 491 g/mol. The van der Waals surface area contributed by atoms with Gasteiger partial charge in [0.15, 0.2) is 0 Å². The first-order valence-electron chi connectivity index (χ1n) is 10.5. The largest absolute Gasteiger partial charge is 0.497 e. The number of hydrogen-bond donors (Lipinski definition) is 1. The Morgan fingerprint density at radius 1 is 1.06 bits per heavy atom. The van der Waals surface area contributed by atoms with E-state index in [0.29, 0.717) is 21.8 Å². The predicted molar refractivity (Wildman–Crippen MR) is 126 cm³/mol. The summed E-state index contributed by atoms with van der Waals surface area (Å²) in [4.78, 5) is 48.8. The Morgan fingerprint density at radius 3 is 2.44 bits per heavy atom. The molecule has 0 bridgehead atoms. The van der Waals surface area contributed by atoms with Gasteiger partial charge < -0.3 is 9.47 Å². The molecule has 3 aromatic carbocycles. The lowest BCUT2D eigenvalue weighted by Gasteiger charge is -2.26. The van der Waals surface area contributed by atoms with Gasteiger partial charge in [0, 0.05) is 23.8 Å². The number of anilines is 1. The van der Waals surface area contributed by atoms with Crippen molar-refractivity contribution >= 4 is 35.3 Å². The van der Waals surface area contributed by atoms with Gasteiger partial charge in [0.1, 0.15) is 29.5 Å². The van der Waals surface area contributed by atoms with Crippen LogP contribution < -0.4 is 19.7 Å². The van der Waals surface area contributed by atoms with Crippen LogP contribution in [0, 0.1) is 15.9 Å². The van der Waals surface area contributed by atoms with Gasteiger partial charge in [0.05, 0.1) is 17.7 Å². The van der Waals surface area contributed by atoms with Crippen molar-refractivity contribution in [2.24, 2.45) is 0 Å². The number of carbonyl (C=O) groups is 3. The number of amides is 4. The Morgan fingerprint density at radius 2 is 1.78 bits per heavy atom. The van der Waals surface area contributed by atoms with E-state index in [0.717, 1.165) is 6.07 Å². The number of barbiturate groups is 1. The van der Waals surface area contributed by atoms with Gasteiger partial charge in [0.25, 0.3) is 17.5 Å². The molecule has 4 amide bonds. The standard InChI is InChI=1S/C25H18FN3O7/c1-35-18-11-8-16(22(13-18)36-14-15-6-9-17(10-7-15)29(33)34)12-19-23(30)27-25(32)28(24(19)31)21-5-3-2-4-20(21)26/h2-13H,14H2,1H3,(H,27,30,32)/b19-12-. The second-order valence-corrected chi connectivity index (χ2v) is 7.53. The molecule has 0 aliphatic carbocycles. The van der Waals surface area contributed by atoms with Crippen molar-refractivity contribution in [2.75, 3.05) is 12.0 Å². The number of benzene rings is 3. The molecule has 0 atom stereocenters. The summed E-state index contributed by atoms with van der Waals surface area (Å²) in [6.07, 6.45) is 1.22. The highest BCUT2D eigenvalue weighted by Gasteiger charge is 2.38. The van der Waals surface area contributed by atoms with Gasteiger partial charge in [0.2, 0.25) is 0 Å². The molecular weight excluding hydrogens is 473 g/mol. The van der Waals surface area contributed by atoms with Crippen molar-refractivity contribution in [1.82, 2.24) is 5.32 Å². The molecule has 182 valence electrons. The van der Waals surface area contributed by atoms with Gasteiger partial charge in [-0.25, -0.2) is 14.1 Å². The van der Waals surface area contributed by atoms with E-state index >= 15 is 0 Å². The number of ether oxygens (including phenoxy) is 2. The van der Waals surface area contributed by atoms with Crippen LogP contribution >= 0.6 is 0 Å². The summed E-state index contributed by atoms with van der Waals surface area (Å²) in [5.41, 5.74) is 0.149. The Balaban J connectivity index is 1.66. The quantitative estimate of drug-likeness (QED) is 0.229. The van der Waals surface area contributed by atoms with E-state index in [4.69, 9.17) is 9.47 Å². The van der Waals surface area contributed by atoms with Gasteiger partial charge in [-0.2, -0.15) is 0 Å². The van der Waals surface area contributed by atoms with Crippen LogP contribution in [-0.2, 0) is 16.2 Å². The molecule has 1 heterocycles. The molecule has 1 aliphatic heterocycles. The highest BCUT2D eigenvalue weighted by atomic mass is 19.1.